The van der Waals surface area contributed by atoms with E-state index in [-0.39, 0.29) is 18.4 Å². The zero-order valence-electron chi connectivity index (χ0n) is 15.9. The molecule has 0 aliphatic heterocycles. The normalized spacial score (nSPS) is 10.7. The van der Waals surface area contributed by atoms with Crippen molar-refractivity contribution in [2.24, 2.45) is 0 Å². The van der Waals surface area contributed by atoms with Gasteiger partial charge in [0.15, 0.2) is 5.13 Å². The van der Waals surface area contributed by atoms with Crippen molar-refractivity contribution in [1.29, 1.82) is 0 Å². The highest BCUT2D eigenvalue weighted by Gasteiger charge is 2.15. The Morgan fingerprint density at radius 2 is 2.00 bits per heavy atom. The van der Waals surface area contributed by atoms with Crippen LogP contribution in [0.15, 0.2) is 35.7 Å². The molecule has 2 aromatic heterocycles. The molecule has 8 heteroatoms. The van der Waals surface area contributed by atoms with Crippen LogP contribution >= 0.6 is 22.9 Å². The van der Waals surface area contributed by atoms with Crippen LogP contribution in [0.25, 0.3) is 11.3 Å². The Morgan fingerprint density at radius 1 is 1.25 bits per heavy atom. The number of benzene rings is 1. The molecule has 2 heterocycles. The number of halogens is 1. The molecule has 3 aromatic rings. The lowest BCUT2D eigenvalue weighted by atomic mass is 10.2. The molecule has 0 bridgehead atoms. The SMILES string of the molecule is CC(=O)NCC(=O)Nc1nc(-c2cc(C)n(Cc3ccccc3Cl)c2C)cs1. The first-order valence-corrected chi connectivity index (χ1v) is 10.0. The average molecular weight is 417 g/mol. The summed E-state index contributed by atoms with van der Waals surface area (Å²) < 4.78 is 2.20. The molecule has 28 heavy (non-hydrogen) atoms. The molecule has 0 saturated carbocycles. The van der Waals surface area contributed by atoms with Crippen molar-refractivity contribution >= 4 is 39.9 Å². The summed E-state index contributed by atoms with van der Waals surface area (Å²) >= 11 is 7.66. The van der Waals surface area contributed by atoms with E-state index in [0.717, 1.165) is 33.2 Å². The van der Waals surface area contributed by atoms with E-state index >= 15 is 0 Å². The molecule has 0 aliphatic rings. The molecule has 1 aromatic carbocycles. The Bertz CT molecular complexity index is 1030. The predicted octanol–water partition coefficient (Wildman–Crippen LogP) is 4.00. The van der Waals surface area contributed by atoms with Gasteiger partial charge in [0.1, 0.15) is 0 Å². The van der Waals surface area contributed by atoms with Crippen molar-refractivity contribution in [3.05, 3.63) is 57.7 Å². The molecule has 0 atom stereocenters. The summed E-state index contributed by atoms with van der Waals surface area (Å²) in [6.45, 7) is 6.08. The largest absolute Gasteiger partial charge is 0.347 e. The van der Waals surface area contributed by atoms with E-state index in [1.807, 2.05) is 36.6 Å². The molecule has 0 unspecified atom stereocenters. The Hall–Kier alpha value is -2.64. The Kier molecular flexibility index (Phi) is 6.16. The van der Waals surface area contributed by atoms with Gasteiger partial charge in [-0.25, -0.2) is 4.98 Å². The standard InChI is InChI=1S/C20H21ClN4O2S/c1-12-8-16(13(2)25(12)10-15-6-4-5-7-17(15)21)18-11-28-20(23-18)24-19(27)9-22-14(3)26/h4-8,11H,9-10H2,1-3H3,(H,22,26)(H,23,24,27). The molecular formula is C20H21ClN4O2S. The van der Waals surface area contributed by atoms with Crippen LogP contribution in [0.2, 0.25) is 5.02 Å². The molecule has 0 spiro atoms. The van der Waals surface area contributed by atoms with Crippen LogP contribution in [0.4, 0.5) is 5.13 Å². The smallest absolute Gasteiger partial charge is 0.245 e. The van der Waals surface area contributed by atoms with Crippen LogP contribution in [0.5, 0.6) is 0 Å². The number of aromatic nitrogens is 2. The molecule has 3 rings (SSSR count). The van der Waals surface area contributed by atoms with Gasteiger partial charge in [-0.1, -0.05) is 29.8 Å². The van der Waals surface area contributed by atoms with Crippen molar-refractivity contribution in [1.82, 2.24) is 14.9 Å². The van der Waals surface area contributed by atoms with Crippen molar-refractivity contribution in [2.75, 3.05) is 11.9 Å². The fourth-order valence-electron chi connectivity index (χ4n) is 2.92. The molecule has 2 amide bonds. The van der Waals surface area contributed by atoms with Crippen molar-refractivity contribution < 1.29 is 9.59 Å². The van der Waals surface area contributed by atoms with E-state index in [2.05, 4.69) is 33.2 Å². The van der Waals surface area contributed by atoms with Gasteiger partial charge in [0.25, 0.3) is 0 Å². The Labute approximate surface area is 172 Å². The first kappa shape index (κ1) is 20.1. The quantitative estimate of drug-likeness (QED) is 0.637. The number of carbonyl (C=O) groups excluding carboxylic acids is 2. The van der Waals surface area contributed by atoms with Gasteiger partial charge >= 0.3 is 0 Å². The third-order valence-electron chi connectivity index (χ3n) is 4.38. The summed E-state index contributed by atoms with van der Waals surface area (Å²) in [7, 11) is 0. The number of hydrogen-bond donors (Lipinski definition) is 2. The first-order chi connectivity index (χ1) is 13.3. The number of rotatable bonds is 6. The predicted molar refractivity (Wildman–Crippen MR) is 113 cm³/mol. The zero-order chi connectivity index (χ0) is 20.3. The van der Waals surface area contributed by atoms with Gasteiger partial charge in [0, 0.05) is 40.8 Å². The Balaban J connectivity index is 1.78. The maximum Gasteiger partial charge on any atom is 0.245 e. The second-order valence-corrected chi connectivity index (χ2v) is 7.72. The minimum atomic E-state index is -0.305. The van der Waals surface area contributed by atoms with E-state index in [9.17, 15) is 9.59 Å². The summed E-state index contributed by atoms with van der Waals surface area (Å²) in [4.78, 5) is 27.3. The summed E-state index contributed by atoms with van der Waals surface area (Å²) in [6.07, 6.45) is 0. The van der Waals surface area contributed by atoms with Crippen molar-refractivity contribution in [3.8, 4) is 11.3 Å². The molecule has 0 saturated heterocycles. The number of nitrogens with zero attached hydrogens (tertiary/aromatic N) is 2. The van der Waals surface area contributed by atoms with Crippen LogP contribution in [0, 0.1) is 13.8 Å². The van der Waals surface area contributed by atoms with Gasteiger partial charge in [-0.2, -0.15) is 0 Å². The number of amides is 2. The molecule has 146 valence electrons. The van der Waals surface area contributed by atoms with E-state index in [1.54, 1.807) is 0 Å². The van der Waals surface area contributed by atoms with Gasteiger partial charge in [0.2, 0.25) is 11.8 Å². The highest BCUT2D eigenvalue weighted by Crippen LogP contribution is 2.31. The van der Waals surface area contributed by atoms with Gasteiger partial charge in [-0.15, -0.1) is 11.3 Å². The number of hydrogen-bond acceptors (Lipinski definition) is 4. The average Bonchev–Trinajstić information content (AvgIpc) is 3.21. The Morgan fingerprint density at radius 3 is 2.71 bits per heavy atom. The maximum atomic E-state index is 11.8. The molecule has 2 N–H and O–H groups in total. The highest BCUT2D eigenvalue weighted by atomic mass is 35.5. The molecular weight excluding hydrogens is 396 g/mol. The first-order valence-electron chi connectivity index (χ1n) is 8.75. The van der Waals surface area contributed by atoms with E-state index in [1.165, 1.54) is 18.3 Å². The van der Waals surface area contributed by atoms with Gasteiger partial charge < -0.3 is 15.2 Å². The zero-order valence-corrected chi connectivity index (χ0v) is 17.4. The van der Waals surface area contributed by atoms with E-state index < -0.39 is 0 Å². The van der Waals surface area contributed by atoms with Crippen LogP contribution in [0.1, 0.15) is 23.9 Å². The lowest BCUT2D eigenvalue weighted by Crippen LogP contribution is -2.31. The molecule has 0 fully saturated rings. The second-order valence-electron chi connectivity index (χ2n) is 6.46. The third kappa shape index (κ3) is 4.61. The topological polar surface area (TPSA) is 76.0 Å². The monoisotopic (exact) mass is 416 g/mol. The summed E-state index contributed by atoms with van der Waals surface area (Å²) in [5, 5.41) is 8.33. The van der Waals surface area contributed by atoms with Gasteiger partial charge in [-0.05, 0) is 31.5 Å². The lowest BCUT2D eigenvalue weighted by molar-refractivity contribution is -0.122. The van der Waals surface area contributed by atoms with Crippen molar-refractivity contribution in [2.45, 2.75) is 27.3 Å². The summed E-state index contributed by atoms with van der Waals surface area (Å²) in [5.41, 5.74) is 5.07. The highest BCUT2D eigenvalue weighted by molar-refractivity contribution is 7.14. The minimum absolute atomic E-state index is 0.0728. The fourth-order valence-corrected chi connectivity index (χ4v) is 3.85. The van der Waals surface area contributed by atoms with Gasteiger partial charge in [-0.3, -0.25) is 9.59 Å². The number of nitrogens with one attached hydrogen (secondary N) is 2. The van der Waals surface area contributed by atoms with E-state index in [4.69, 9.17) is 11.6 Å². The number of anilines is 1. The van der Waals surface area contributed by atoms with Crippen LogP contribution in [0.3, 0.4) is 0 Å². The van der Waals surface area contributed by atoms with Crippen LogP contribution < -0.4 is 10.6 Å². The molecule has 0 radical (unpaired) electrons. The lowest BCUT2D eigenvalue weighted by Gasteiger charge is -2.11. The summed E-state index contributed by atoms with van der Waals surface area (Å²) in [6, 6.07) is 9.90. The number of thiazole rings is 1. The van der Waals surface area contributed by atoms with E-state index in [0.29, 0.717) is 11.7 Å². The maximum absolute atomic E-state index is 11.8. The number of aryl methyl sites for hydroxylation is 1. The summed E-state index contributed by atoms with van der Waals surface area (Å²) in [5.74, 6) is -0.554. The van der Waals surface area contributed by atoms with Crippen LogP contribution in [-0.4, -0.2) is 27.9 Å². The van der Waals surface area contributed by atoms with Gasteiger partial charge in [0.05, 0.1) is 12.2 Å². The molecule has 6 nitrogen and oxygen atoms in total. The van der Waals surface area contributed by atoms with Crippen LogP contribution in [-0.2, 0) is 16.1 Å². The second kappa shape index (κ2) is 8.58. The molecule has 0 aliphatic carbocycles. The fraction of sp³-hybridized carbons (Fsp3) is 0.250. The minimum Gasteiger partial charge on any atom is -0.347 e. The third-order valence-corrected chi connectivity index (χ3v) is 5.51. The van der Waals surface area contributed by atoms with Crippen molar-refractivity contribution in [3.63, 3.8) is 0 Å². The number of carbonyl (C=O) groups is 2.